The van der Waals surface area contributed by atoms with Gasteiger partial charge in [0.25, 0.3) is 0 Å². The Morgan fingerprint density at radius 3 is 2.50 bits per heavy atom. The van der Waals surface area contributed by atoms with Crippen LogP contribution in [0.15, 0.2) is 6.07 Å². The fraction of sp³-hybridized carbons (Fsp3) is 0.571. The van der Waals surface area contributed by atoms with Crippen molar-refractivity contribution in [1.82, 2.24) is 14.6 Å². The van der Waals surface area contributed by atoms with E-state index in [1.54, 1.807) is 4.52 Å². The Hall–Kier alpha value is -1.09. The van der Waals surface area contributed by atoms with E-state index in [4.69, 9.17) is 11.6 Å². The minimum absolute atomic E-state index is 0.389. The van der Waals surface area contributed by atoms with Crippen molar-refractivity contribution in [2.75, 3.05) is 0 Å². The number of aromatic nitrogens is 3. The monoisotopic (exact) mass is 265 g/mol. The highest BCUT2D eigenvalue weighted by atomic mass is 35.5. The van der Waals surface area contributed by atoms with Gasteiger partial charge in [-0.2, -0.15) is 0 Å². The first kappa shape index (κ1) is 13.3. The molecule has 4 heteroatoms. The maximum Gasteiger partial charge on any atom is 0.157 e. The summed E-state index contributed by atoms with van der Waals surface area (Å²) in [5, 5.41) is 5.21. The Morgan fingerprint density at radius 2 is 1.94 bits per heavy atom. The summed E-state index contributed by atoms with van der Waals surface area (Å²) in [6.45, 7) is 10.7. The van der Waals surface area contributed by atoms with Gasteiger partial charge < -0.3 is 0 Å². The summed E-state index contributed by atoms with van der Waals surface area (Å²) in [5.74, 6) is 1.80. The Balaban J connectivity index is 2.59. The van der Waals surface area contributed by atoms with Gasteiger partial charge in [-0.1, -0.05) is 39.3 Å². The van der Waals surface area contributed by atoms with E-state index in [0.717, 1.165) is 23.5 Å². The highest BCUT2D eigenvalue weighted by molar-refractivity contribution is 6.30. The fourth-order valence-electron chi connectivity index (χ4n) is 2.30. The molecule has 0 aromatic carbocycles. The van der Waals surface area contributed by atoms with Crippen LogP contribution >= 0.6 is 11.6 Å². The molecule has 2 aromatic heterocycles. The first-order valence-electron chi connectivity index (χ1n) is 6.44. The maximum atomic E-state index is 6.45. The first-order chi connectivity index (χ1) is 8.40. The van der Waals surface area contributed by atoms with Crippen LogP contribution in [-0.2, 0) is 6.42 Å². The molecule has 0 atom stereocenters. The van der Waals surface area contributed by atoms with Gasteiger partial charge in [0.05, 0.1) is 0 Å². The minimum atomic E-state index is 0.389. The zero-order chi connectivity index (χ0) is 13.4. The summed E-state index contributed by atoms with van der Waals surface area (Å²) in [6.07, 6.45) is 0.883. The second-order valence-corrected chi connectivity index (χ2v) is 5.94. The molecule has 0 unspecified atom stereocenters. The van der Waals surface area contributed by atoms with Crippen LogP contribution in [0.1, 0.15) is 50.6 Å². The molecule has 0 radical (unpaired) electrons. The normalized spacial score (nSPS) is 12.0. The number of aryl methyl sites for hydroxylation is 1. The Labute approximate surface area is 113 Å². The standard InChI is InChI=1S/C14H20ClN3/c1-8(2)6-11-16-12-7-10(5)13(9(3)4)14(15)18(12)17-11/h7-9H,6H2,1-5H3. The van der Waals surface area contributed by atoms with Crippen molar-refractivity contribution in [2.45, 2.75) is 47.0 Å². The number of fused-ring (bicyclic) bond motifs is 1. The van der Waals surface area contributed by atoms with Gasteiger partial charge in [-0.3, -0.25) is 0 Å². The molecule has 0 aliphatic rings. The number of halogens is 1. The van der Waals surface area contributed by atoms with Gasteiger partial charge in [-0.05, 0) is 36.0 Å². The highest BCUT2D eigenvalue weighted by Gasteiger charge is 2.15. The number of hydrogen-bond donors (Lipinski definition) is 0. The summed E-state index contributed by atoms with van der Waals surface area (Å²) >= 11 is 6.45. The number of hydrogen-bond acceptors (Lipinski definition) is 2. The summed E-state index contributed by atoms with van der Waals surface area (Å²) in [5.41, 5.74) is 3.19. The summed E-state index contributed by atoms with van der Waals surface area (Å²) in [7, 11) is 0. The van der Waals surface area contributed by atoms with E-state index in [-0.39, 0.29) is 0 Å². The molecule has 0 fully saturated rings. The SMILES string of the molecule is Cc1cc2nc(CC(C)C)nn2c(Cl)c1C(C)C. The lowest BCUT2D eigenvalue weighted by Gasteiger charge is -2.12. The Morgan fingerprint density at radius 1 is 1.28 bits per heavy atom. The topological polar surface area (TPSA) is 30.2 Å². The molecule has 0 saturated carbocycles. The maximum absolute atomic E-state index is 6.45. The predicted octanol–water partition coefficient (Wildman–Crippen LogP) is 4.01. The van der Waals surface area contributed by atoms with Crippen LogP contribution in [0.5, 0.6) is 0 Å². The first-order valence-corrected chi connectivity index (χ1v) is 6.82. The van der Waals surface area contributed by atoms with E-state index in [1.165, 1.54) is 5.56 Å². The van der Waals surface area contributed by atoms with Crippen LogP contribution in [0, 0.1) is 12.8 Å². The summed E-state index contributed by atoms with van der Waals surface area (Å²) in [6, 6.07) is 2.07. The van der Waals surface area contributed by atoms with Gasteiger partial charge in [-0.25, -0.2) is 9.50 Å². The van der Waals surface area contributed by atoms with Gasteiger partial charge in [0.15, 0.2) is 11.5 Å². The zero-order valence-electron chi connectivity index (χ0n) is 11.7. The van der Waals surface area contributed by atoms with Crippen molar-refractivity contribution in [2.24, 2.45) is 5.92 Å². The number of rotatable bonds is 3. The second kappa shape index (κ2) is 4.88. The number of pyridine rings is 1. The highest BCUT2D eigenvalue weighted by Crippen LogP contribution is 2.28. The molecule has 3 nitrogen and oxygen atoms in total. The molecule has 2 aromatic rings. The molecule has 0 spiro atoms. The van der Waals surface area contributed by atoms with E-state index >= 15 is 0 Å². The van der Waals surface area contributed by atoms with Crippen LogP contribution in [0.4, 0.5) is 0 Å². The molecular formula is C14H20ClN3. The molecule has 2 heterocycles. The molecule has 2 rings (SSSR count). The smallest absolute Gasteiger partial charge is 0.157 e. The molecule has 0 aliphatic carbocycles. The van der Waals surface area contributed by atoms with Crippen LogP contribution in [0.2, 0.25) is 5.15 Å². The second-order valence-electron chi connectivity index (χ2n) is 5.58. The number of nitrogens with zero attached hydrogens (tertiary/aromatic N) is 3. The molecule has 0 amide bonds. The van der Waals surface area contributed by atoms with Crippen molar-refractivity contribution >= 4 is 17.2 Å². The van der Waals surface area contributed by atoms with Gasteiger partial charge in [0.2, 0.25) is 0 Å². The molecule has 0 saturated heterocycles. The largest absolute Gasteiger partial charge is 0.212 e. The lowest BCUT2D eigenvalue weighted by molar-refractivity contribution is 0.620. The van der Waals surface area contributed by atoms with E-state index in [9.17, 15) is 0 Å². The molecular weight excluding hydrogens is 246 g/mol. The van der Waals surface area contributed by atoms with E-state index in [1.807, 2.05) is 0 Å². The van der Waals surface area contributed by atoms with E-state index < -0.39 is 0 Å². The van der Waals surface area contributed by atoms with Gasteiger partial charge in [-0.15, -0.1) is 5.10 Å². The fourth-order valence-corrected chi connectivity index (χ4v) is 2.79. The van der Waals surface area contributed by atoms with Crippen molar-refractivity contribution in [3.05, 3.63) is 28.2 Å². The quantitative estimate of drug-likeness (QED) is 0.785. The van der Waals surface area contributed by atoms with E-state index in [0.29, 0.717) is 17.0 Å². The summed E-state index contributed by atoms with van der Waals surface area (Å²) in [4.78, 5) is 4.54. The minimum Gasteiger partial charge on any atom is -0.212 e. The van der Waals surface area contributed by atoms with Crippen molar-refractivity contribution < 1.29 is 0 Å². The van der Waals surface area contributed by atoms with E-state index in [2.05, 4.69) is 50.8 Å². The van der Waals surface area contributed by atoms with Crippen LogP contribution < -0.4 is 0 Å². The van der Waals surface area contributed by atoms with Crippen LogP contribution in [-0.4, -0.2) is 14.6 Å². The predicted molar refractivity (Wildman–Crippen MR) is 75.4 cm³/mol. The van der Waals surface area contributed by atoms with Crippen molar-refractivity contribution in [1.29, 1.82) is 0 Å². The van der Waals surface area contributed by atoms with Crippen LogP contribution in [0.3, 0.4) is 0 Å². The molecule has 18 heavy (non-hydrogen) atoms. The average molecular weight is 266 g/mol. The third kappa shape index (κ3) is 2.37. The Kier molecular flexibility index (Phi) is 3.62. The van der Waals surface area contributed by atoms with Crippen molar-refractivity contribution in [3.8, 4) is 0 Å². The Bertz CT molecular complexity index is 570. The third-order valence-electron chi connectivity index (χ3n) is 3.02. The van der Waals surface area contributed by atoms with Crippen molar-refractivity contribution in [3.63, 3.8) is 0 Å². The van der Waals surface area contributed by atoms with Gasteiger partial charge >= 0.3 is 0 Å². The zero-order valence-corrected chi connectivity index (χ0v) is 12.4. The lowest BCUT2D eigenvalue weighted by atomic mass is 10.0. The lowest BCUT2D eigenvalue weighted by Crippen LogP contribution is -2.01. The molecule has 98 valence electrons. The molecule has 0 aliphatic heterocycles. The summed E-state index contributed by atoms with van der Waals surface area (Å²) < 4.78 is 1.77. The average Bonchev–Trinajstić information content (AvgIpc) is 2.58. The van der Waals surface area contributed by atoms with Gasteiger partial charge in [0, 0.05) is 6.42 Å². The van der Waals surface area contributed by atoms with Crippen LogP contribution in [0.25, 0.3) is 5.65 Å². The molecule has 0 bridgehead atoms. The third-order valence-corrected chi connectivity index (χ3v) is 3.39. The van der Waals surface area contributed by atoms with Gasteiger partial charge in [0.1, 0.15) is 5.15 Å². The molecule has 0 N–H and O–H groups in total.